The smallest absolute Gasteiger partial charge is 0.303 e. The molecule has 1 fully saturated rings. The standard InChI is InChI=1S/C26H24N2O11S/c1-13(29)36-12-20-22(37-14(2)30)23(38-15(3)31)21(27-24(32)18-6-4-5-7-19(18)25(27)33)26(39-20)40-17-10-8-16(9-11-17)28(34)35/h4-11,20-23,26H,12H2,1-3H3/t20-,21-,22-,23-,26+/m1/s1. The summed E-state index contributed by atoms with van der Waals surface area (Å²) in [5.41, 5.74) is -1.06. The Hall–Kier alpha value is -4.30. The van der Waals surface area contributed by atoms with Gasteiger partial charge in [0.15, 0.2) is 12.2 Å². The van der Waals surface area contributed by atoms with Gasteiger partial charge < -0.3 is 18.9 Å². The molecule has 1 saturated heterocycles. The van der Waals surface area contributed by atoms with Crippen LogP contribution < -0.4 is 0 Å². The number of fused-ring (bicyclic) bond motifs is 1. The Morgan fingerprint density at radius 1 is 0.900 bits per heavy atom. The SMILES string of the molecule is CC(=O)OC[C@H]1O[C@@H](Sc2ccc([N+](=O)[O-])cc2)[C@H](N2C(=O)c3ccccc3C2=O)[C@@H](OC(C)=O)[C@@H]1OC(C)=O. The number of benzene rings is 2. The summed E-state index contributed by atoms with van der Waals surface area (Å²) in [5, 5.41) is 11.1. The molecular formula is C26H24N2O11S. The van der Waals surface area contributed by atoms with E-state index in [0.717, 1.165) is 37.4 Å². The first kappa shape index (κ1) is 28.7. The van der Waals surface area contributed by atoms with Gasteiger partial charge in [-0.1, -0.05) is 23.9 Å². The number of rotatable bonds is 8. The highest BCUT2D eigenvalue weighted by atomic mass is 32.2. The van der Waals surface area contributed by atoms with E-state index in [4.69, 9.17) is 18.9 Å². The summed E-state index contributed by atoms with van der Waals surface area (Å²) in [6, 6.07) is 10.2. The maximum Gasteiger partial charge on any atom is 0.303 e. The van der Waals surface area contributed by atoms with Gasteiger partial charge in [0.1, 0.15) is 24.2 Å². The van der Waals surface area contributed by atoms with Gasteiger partial charge in [-0.05, 0) is 24.3 Å². The number of ether oxygens (including phenoxy) is 4. The van der Waals surface area contributed by atoms with Crippen molar-refractivity contribution in [3.63, 3.8) is 0 Å². The minimum Gasteiger partial charge on any atom is -0.463 e. The molecule has 2 amide bonds. The molecule has 0 N–H and O–H groups in total. The van der Waals surface area contributed by atoms with E-state index < -0.39 is 71.0 Å². The van der Waals surface area contributed by atoms with E-state index in [1.54, 1.807) is 12.1 Å². The fraction of sp³-hybridized carbons (Fsp3) is 0.346. The summed E-state index contributed by atoms with van der Waals surface area (Å²) in [6.45, 7) is 2.98. The van der Waals surface area contributed by atoms with Crippen LogP contribution in [0.1, 0.15) is 41.5 Å². The average Bonchev–Trinajstić information content (AvgIpc) is 3.14. The minimum absolute atomic E-state index is 0.124. The van der Waals surface area contributed by atoms with E-state index >= 15 is 0 Å². The van der Waals surface area contributed by atoms with Gasteiger partial charge in [0.2, 0.25) is 0 Å². The topological polar surface area (TPSA) is 169 Å². The monoisotopic (exact) mass is 572 g/mol. The second kappa shape index (κ2) is 11.8. The number of non-ortho nitro benzene ring substituents is 1. The van der Waals surface area contributed by atoms with Crippen molar-refractivity contribution < 1.29 is 47.8 Å². The van der Waals surface area contributed by atoms with Gasteiger partial charge in [0.25, 0.3) is 17.5 Å². The molecule has 0 radical (unpaired) electrons. The van der Waals surface area contributed by atoms with Crippen LogP contribution in [0.15, 0.2) is 53.4 Å². The Morgan fingerprint density at radius 3 is 1.95 bits per heavy atom. The molecule has 0 aliphatic carbocycles. The second-order valence-corrected chi connectivity index (χ2v) is 10.1. The highest BCUT2D eigenvalue weighted by Crippen LogP contribution is 2.41. The summed E-state index contributed by atoms with van der Waals surface area (Å²) in [7, 11) is 0. The van der Waals surface area contributed by atoms with Crippen molar-refractivity contribution in [3.8, 4) is 0 Å². The largest absolute Gasteiger partial charge is 0.463 e. The van der Waals surface area contributed by atoms with Gasteiger partial charge in [-0.15, -0.1) is 0 Å². The van der Waals surface area contributed by atoms with E-state index in [2.05, 4.69) is 0 Å². The van der Waals surface area contributed by atoms with Crippen LogP contribution in [0.25, 0.3) is 0 Å². The van der Waals surface area contributed by atoms with Crippen LogP contribution in [0.4, 0.5) is 5.69 Å². The lowest BCUT2D eigenvalue weighted by molar-refractivity contribution is -0.384. The Bertz CT molecular complexity index is 1330. The van der Waals surface area contributed by atoms with Gasteiger partial charge in [-0.3, -0.25) is 39.0 Å². The van der Waals surface area contributed by atoms with Crippen molar-refractivity contribution in [2.45, 2.75) is 55.5 Å². The molecule has 13 nitrogen and oxygen atoms in total. The first-order chi connectivity index (χ1) is 19.0. The highest BCUT2D eigenvalue weighted by molar-refractivity contribution is 7.99. The van der Waals surface area contributed by atoms with Crippen LogP contribution in [-0.4, -0.2) is 75.9 Å². The zero-order valence-electron chi connectivity index (χ0n) is 21.5. The number of carbonyl (C=O) groups is 5. The molecule has 0 unspecified atom stereocenters. The maximum atomic E-state index is 13.5. The van der Waals surface area contributed by atoms with Crippen molar-refractivity contribution in [2.75, 3.05) is 6.61 Å². The number of esters is 3. The van der Waals surface area contributed by atoms with Crippen molar-refractivity contribution in [1.29, 1.82) is 0 Å². The Labute approximate surface area is 231 Å². The fourth-order valence-corrected chi connectivity index (χ4v) is 5.69. The van der Waals surface area contributed by atoms with E-state index in [-0.39, 0.29) is 16.8 Å². The Morgan fingerprint density at radius 2 is 1.45 bits per heavy atom. The molecule has 2 heterocycles. The summed E-state index contributed by atoms with van der Waals surface area (Å²) in [6.07, 6.45) is -3.96. The number of nitro groups is 1. The van der Waals surface area contributed by atoms with Crippen molar-refractivity contribution in [1.82, 2.24) is 4.90 Å². The molecule has 0 spiro atoms. The number of carbonyl (C=O) groups excluding carboxylic acids is 5. The zero-order valence-corrected chi connectivity index (χ0v) is 22.3. The highest BCUT2D eigenvalue weighted by Gasteiger charge is 2.57. The molecule has 210 valence electrons. The van der Waals surface area contributed by atoms with E-state index in [1.807, 2.05) is 0 Å². The third-order valence-electron chi connectivity index (χ3n) is 6.09. The fourth-order valence-electron chi connectivity index (χ4n) is 4.51. The third kappa shape index (κ3) is 5.97. The lowest BCUT2D eigenvalue weighted by Gasteiger charge is -2.47. The van der Waals surface area contributed by atoms with Crippen LogP contribution in [0.3, 0.4) is 0 Å². The summed E-state index contributed by atoms with van der Waals surface area (Å²) >= 11 is 0.989. The number of amides is 2. The Balaban J connectivity index is 1.81. The van der Waals surface area contributed by atoms with Gasteiger partial charge in [0.05, 0.1) is 16.1 Å². The van der Waals surface area contributed by atoms with Crippen molar-refractivity contribution in [2.24, 2.45) is 0 Å². The van der Waals surface area contributed by atoms with E-state index in [0.29, 0.717) is 4.90 Å². The van der Waals surface area contributed by atoms with Gasteiger partial charge in [-0.25, -0.2) is 0 Å². The van der Waals surface area contributed by atoms with Crippen LogP contribution >= 0.6 is 11.8 Å². The summed E-state index contributed by atoms with van der Waals surface area (Å²) < 4.78 is 22.4. The van der Waals surface area contributed by atoms with Crippen LogP contribution in [-0.2, 0) is 33.3 Å². The molecule has 2 aromatic carbocycles. The summed E-state index contributed by atoms with van der Waals surface area (Å²) in [5.74, 6) is -3.59. The molecule has 4 rings (SSSR count). The predicted molar refractivity (Wildman–Crippen MR) is 136 cm³/mol. The molecule has 0 saturated carbocycles. The first-order valence-electron chi connectivity index (χ1n) is 12.0. The second-order valence-electron chi connectivity index (χ2n) is 8.88. The normalized spacial score (nSPS) is 23.8. The first-order valence-corrected chi connectivity index (χ1v) is 12.9. The molecule has 40 heavy (non-hydrogen) atoms. The molecule has 0 bridgehead atoms. The molecule has 2 aliphatic heterocycles. The van der Waals surface area contributed by atoms with Gasteiger partial charge in [-0.2, -0.15) is 0 Å². The number of hydrogen-bond donors (Lipinski definition) is 0. The van der Waals surface area contributed by atoms with Crippen molar-refractivity contribution >= 4 is 47.2 Å². The maximum absolute atomic E-state index is 13.5. The minimum atomic E-state index is -1.42. The zero-order chi connectivity index (χ0) is 29.1. The molecular weight excluding hydrogens is 548 g/mol. The van der Waals surface area contributed by atoms with Gasteiger partial charge >= 0.3 is 17.9 Å². The number of imide groups is 1. The number of hydrogen-bond acceptors (Lipinski definition) is 12. The van der Waals surface area contributed by atoms with Crippen LogP contribution in [0.2, 0.25) is 0 Å². The average molecular weight is 573 g/mol. The summed E-state index contributed by atoms with van der Waals surface area (Å²) in [4.78, 5) is 74.9. The molecule has 5 atom stereocenters. The molecule has 0 aromatic heterocycles. The number of nitrogens with zero attached hydrogens (tertiary/aromatic N) is 2. The van der Waals surface area contributed by atoms with Gasteiger partial charge in [0, 0.05) is 37.8 Å². The molecule has 2 aromatic rings. The Kier molecular flexibility index (Phi) is 8.49. The third-order valence-corrected chi connectivity index (χ3v) is 7.26. The van der Waals surface area contributed by atoms with Crippen LogP contribution in [0, 0.1) is 10.1 Å². The van der Waals surface area contributed by atoms with Crippen LogP contribution in [0.5, 0.6) is 0 Å². The van der Waals surface area contributed by atoms with Crippen molar-refractivity contribution in [3.05, 3.63) is 69.8 Å². The molecule has 2 aliphatic rings. The van der Waals surface area contributed by atoms with E-state index in [9.17, 15) is 34.1 Å². The lowest BCUT2D eigenvalue weighted by Crippen LogP contribution is -2.66. The molecule has 14 heteroatoms. The quantitative estimate of drug-likeness (QED) is 0.149. The number of thioether (sulfide) groups is 1. The van der Waals surface area contributed by atoms with E-state index in [1.165, 1.54) is 36.4 Å². The number of nitro benzene ring substituents is 1. The lowest BCUT2D eigenvalue weighted by atomic mass is 9.96. The predicted octanol–water partition coefficient (Wildman–Crippen LogP) is 2.50.